The van der Waals surface area contributed by atoms with Gasteiger partial charge in [-0.2, -0.15) is 0 Å². The minimum Gasteiger partial charge on any atom is -0.458 e. The Bertz CT molecular complexity index is 555. The van der Waals surface area contributed by atoms with Gasteiger partial charge in [-0.15, -0.1) is 0 Å². The SMILES string of the molecule is CNCc1c(COCC2CCCC2)oc2ccccc12. The van der Waals surface area contributed by atoms with Crippen LogP contribution in [0.5, 0.6) is 0 Å². The Hall–Kier alpha value is -1.32. The first kappa shape index (κ1) is 13.7. The quantitative estimate of drug-likeness (QED) is 0.868. The highest BCUT2D eigenvalue weighted by atomic mass is 16.5. The van der Waals surface area contributed by atoms with Crippen LogP contribution in [0.15, 0.2) is 28.7 Å². The molecule has 0 spiro atoms. The average molecular weight is 273 g/mol. The van der Waals surface area contributed by atoms with Crippen LogP contribution in [-0.4, -0.2) is 13.7 Å². The normalized spacial score (nSPS) is 16.2. The van der Waals surface area contributed by atoms with Crippen LogP contribution in [0.25, 0.3) is 11.0 Å². The second-order valence-corrected chi connectivity index (χ2v) is 5.70. The molecular formula is C17H23NO2. The van der Waals surface area contributed by atoms with Crippen LogP contribution in [0.4, 0.5) is 0 Å². The molecule has 0 unspecified atom stereocenters. The van der Waals surface area contributed by atoms with Crippen LogP contribution < -0.4 is 5.32 Å². The third-order valence-corrected chi connectivity index (χ3v) is 4.20. The Labute approximate surface area is 120 Å². The smallest absolute Gasteiger partial charge is 0.135 e. The number of hydrogen-bond acceptors (Lipinski definition) is 3. The predicted octanol–water partition coefficient (Wildman–Crippen LogP) is 3.86. The molecule has 0 bridgehead atoms. The fourth-order valence-corrected chi connectivity index (χ4v) is 3.13. The van der Waals surface area contributed by atoms with Crippen molar-refractivity contribution in [3.63, 3.8) is 0 Å². The summed E-state index contributed by atoms with van der Waals surface area (Å²) in [5, 5.41) is 4.41. The minimum atomic E-state index is 0.586. The zero-order valence-electron chi connectivity index (χ0n) is 12.2. The van der Waals surface area contributed by atoms with Gasteiger partial charge in [0.25, 0.3) is 0 Å². The van der Waals surface area contributed by atoms with Crippen molar-refractivity contribution in [3.8, 4) is 0 Å². The molecule has 108 valence electrons. The van der Waals surface area contributed by atoms with Gasteiger partial charge in [0, 0.05) is 24.1 Å². The van der Waals surface area contributed by atoms with Gasteiger partial charge >= 0.3 is 0 Å². The van der Waals surface area contributed by atoms with Crippen molar-refractivity contribution in [3.05, 3.63) is 35.6 Å². The van der Waals surface area contributed by atoms with Crippen LogP contribution in [0, 0.1) is 5.92 Å². The monoisotopic (exact) mass is 273 g/mol. The van der Waals surface area contributed by atoms with Crippen LogP contribution in [-0.2, 0) is 17.9 Å². The van der Waals surface area contributed by atoms with E-state index in [1.54, 1.807) is 0 Å². The highest BCUT2D eigenvalue weighted by molar-refractivity contribution is 5.82. The van der Waals surface area contributed by atoms with Gasteiger partial charge < -0.3 is 14.5 Å². The summed E-state index contributed by atoms with van der Waals surface area (Å²) in [5.74, 6) is 1.73. The molecule has 20 heavy (non-hydrogen) atoms. The summed E-state index contributed by atoms with van der Waals surface area (Å²) < 4.78 is 11.9. The second kappa shape index (κ2) is 6.42. The van der Waals surface area contributed by atoms with Crippen molar-refractivity contribution in [1.29, 1.82) is 0 Å². The molecule has 0 saturated heterocycles. The molecule has 1 aromatic heterocycles. The molecule has 1 N–H and O–H groups in total. The first-order chi connectivity index (χ1) is 9.88. The molecule has 1 fully saturated rings. The number of para-hydroxylation sites is 1. The molecule has 0 aliphatic heterocycles. The molecule has 0 radical (unpaired) electrons. The van der Waals surface area contributed by atoms with Crippen molar-refractivity contribution in [2.24, 2.45) is 5.92 Å². The van der Waals surface area contributed by atoms with E-state index < -0.39 is 0 Å². The van der Waals surface area contributed by atoms with Crippen LogP contribution in [0.2, 0.25) is 0 Å². The summed E-state index contributed by atoms with van der Waals surface area (Å²) in [5.41, 5.74) is 2.19. The molecule has 0 amide bonds. The van der Waals surface area contributed by atoms with E-state index in [0.29, 0.717) is 6.61 Å². The number of rotatable bonds is 6. The van der Waals surface area contributed by atoms with Gasteiger partial charge in [0.1, 0.15) is 18.0 Å². The number of ether oxygens (including phenoxy) is 1. The van der Waals surface area contributed by atoms with E-state index in [2.05, 4.69) is 17.4 Å². The largest absolute Gasteiger partial charge is 0.458 e. The second-order valence-electron chi connectivity index (χ2n) is 5.70. The molecule has 3 rings (SSSR count). The third-order valence-electron chi connectivity index (χ3n) is 4.20. The average Bonchev–Trinajstić information content (AvgIpc) is 3.08. The van der Waals surface area contributed by atoms with E-state index in [4.69, 9.17) is 9.15 Å². The third kappa shape index (κ3) is 2.89. The molecule has 1 aliphatic carbocycles. The fraction of sp³-hybridized carbons (Fsp3) is 0.529. The molecule has 3 nitrogen and oxygen atoms in total. The van der Waals surface area contributed by atoms with E-state index in [-0.39, 0.29) is 0 Å². The lowest BCUT2D eigenvalue weighted by Crippen LogP contribution is -2.09. The van der Waals surface area contributed by atoms with Gasteiger partial charge in [-0.25, -0.2) is 0 Å². The first-order valence-electron chi connectivity index (χ1n) is 7.60. The Balaban J connectivity index is 1.70. The molecule has 0 atom stereocenters. The number of benzene rings is 1. The van der Waals surface area contributed by atoms with Crippen molar-refractivity contribution >= 4 is 11.0 Å². The molecule has 1 aliphatic rings. The Morgan fingerprint density at radius 2 is 2.05 bits per heavy atom. The maximum Gasteiger partial charge on any atom is 0.135 e. The van der Waals surface area contributed by atoms with E-state index in [0.717, 1.165) is 30.4 Å². The van der Waals surface area contributed by atoms with Crippen molar-refractivity contribution in [2.45, 2.75) is 38.8 Å². The Kier molecular flexibility index (Phi) is 4.38. The topological polar surface area (TPSA) is 34.4 Å². The lowest BCUT2D eigenvalue weighted by Gasteiger charge is -2.09. The lowest BCUT2D eigenvalue weighted by atomic mass is 10.1. The molecule has 2 aromatic rings. The van der Waals surface area contributed by atoms with Crippen molar-refractivity contribution in [1.82, 2.24) is 5.32 Å². The maximum absolute atomic E-state index is 5.95. The van der Waals surface area contributed by atoms with E-state index in [9.17, 15) is 0 Å². The number of furan rings is 1. The predicted molar refractivity (Wildman–Crippen MR) is 80.6 cm³/mol. The summed E-state index contributed by atoms with van der Waals surface area (Å²) in [6.45, 7) is 2.28. The van der Waals surface area contributed by atoms with Gasteiger partial charge in [0.15, 0.2) is 0 Å². The molecule has 3 heteroatoms. The van der Waals surface area contributed by atoms with Gasteiger partial charge in [-0.1, -0.05) is 31.0 Å². The van der Waals surface area contributed by atoms with Crippen LogP contribution >= 0.6 is 0 Å². The van der Waals surface area contributed by atoms with Gasteiger partial charge in [-0.3, -0.25) is 0 Å². The highest BCUT2D eigenvalue weighted by Crippen LogP contribution is 2.28. The standard InChI is InChI=1S/C17H23NO2/c1-18-10-15-14-8-4-5-9-16(14)20-17(15)12-19-11-13-6-2-3-7-13/h4-5,8-9,13,18H,2-3,6-7,10-12H2,1H3. The lowest BCUT2D eigenvalue weighted by molar-refractivity contribution is 0.0774. The number of nitrogens with one attached hydrogen (secondary N) is 1. The molecule has 1 aromatic carbocycles. The number of fused-ring (bicyclic) bond motifs is 1. The summed E-state index contributed by atoms with van der Waals surface area (Å²) >= 11 is 0. The Morgan fingerprint density at radius 3 is 2.85 bits per heavy atom. The summed E-state index contributed by atoms with van der Waals surface area (Å²) in [6, 6.07) is 8.21. The zero-order valence-corrected chi connectivity index (χ0v) is 12.2. The van der Waals surface area contributed by atoms with Gasteiger partial charge in [-0.05, 0) is 31.9 Å². The summed E-state index contributed by atoms with van der Waals surface area (Å²) in [7, 11) is 1.96. The number of hydrogen-bond donors (Lipinski definition) is 1. The van der Waals surface area contributed by atoms with E-state index >= 15 is 0 Å². The first-order valence-corrected chi connectivity index (χ1v) is 7.60. The van der Waals surface area contributed by atoms with Crippen LogP contribution in [0.1, 0.15) is 37.0 Å². The molecule has 1 heterocycles. The summed E-state index contributed by atoms with van der Waals surface area (Å²) in [4.78, 5) is 0. The summed E-state index contributed by atoms with van der Waals surface area (Å²) in [6.07, 6.45) is 5.38. The van der Waals surface area contributed by atoms with E-state index in [1.165, 1.54) is 36.6 Å². The maximum atomic E-state index is 5.95. The van der Waals surface area contributed by atoms with Crippen molar-refractivity contribution in [2.75, 3.05) is 13.7 Å². The molecular weight excluding hydrogens is 250 g/mol. The van der Waals surface area contributed by atoms with E-state index in [1.807, 2.05) is 19.2 Å². The highest BCUT2D eigenvalue weighted by Gasteiger charge is 2.17. The van der Waals surface area contributed by atoms with Gasteiger partial charge in [0.2, 0.25) is 0 Å². The van der Waals surface area contributed by atoms with Gasteiger partial charge in [0.05, 0.1) is 0 Å². The zero-order chi connectivity index (χ0) is 13.8. The Morgan fingerprint density at radius 1 is 1.25 bits per heavy atom. The molecule has 1 saturated carbocycles. The van der Waals surface area contributed by atoms with Crippen molar-refractivity contribution < 1.29 is 9.15 Å². The van der Waals surface area contributed by atoms with Crippen LogP contribution in [0.3, 0.4) is 0 Å². The fourth-order valence-electron chi connectivity index (χ4n) is 3.13. The minimum absolute atomic E-state index is 0.586.